The standard InChI is InChI=1S/C16H29NO2/c18-16(19)15-9-12-17(13-10-15)11-5-4-8-14-6-2-1-3-7-14/h14-15H,1-13H2,(H,18,19). The summed E-state index contributed by atoms with van der Waals surface area (Å²) in [6.07, 6.45) is 13.1. The van der Waals surface area contributed by atoms with Crippen molar-refractivity contribution in [3.8, 4) is 0 Å². The molecule has 1 heterocycles. The van der Waals surface area contributed by atoms with Crippen LogP contribution in [0, 0.1) is 11.8 Å². The molecule has 1 aliphatic carbocycles. The SMILES string of the molecule is O=C(O)C1CCN(CCCCC2CCCCC2)CC1. The van der Waals surface area contributed by atoms with Crippen molar-refractivity contribution in [3.63, 3.8) is 0 Å². The summed E-state index contributed by atoms with van der Waals surface area (Å²) in [5.74, 6) is 0.321. The second kappa shape index (κ2) is 7.88. The molecule has 0 unspecified atom stereocenters. The lowest BCUT2D eigenvalue weighted by Gasteiger charge is -2.30. The van der Waals surface area contributed by atoms with Gasteiger partial charge in [0.2, 0.25) is 0 Å². The highest BCUT2D eigenvalue weighted by atomic mass is 16.4. The topological polar surface area (TPSA) is 40.5 Å². The molecule has 1 saturated heterocycles. The van der Waals surface area contributed by atoms with Crippen LogP contribution < -0.4 is 0 Å². The molecule has 19 heavy (non-hydrogen) atoms. The minimum atomic E-state index is -0.600. The summed E-state index contributed by atoms with van der Waals surface area (Å²) in [5.41, 5.74) is 0. The number of nitrogens with zero attached hydrogens (tertiary/aromatic N) is 1. The van der Waals surface area contributed by atoms with Crippen LogP contribution in [0.2, 0.25) is 0 Å². The van der Waals surface area contributed by atoms with E-state index >= 15 is 0 Å². The minimum Gasteiger partial charge on any atom is -0.481 e. The van der Waals surface area contributed by atoms with Crippen LogP contribution in [0.15, 0.2) is 0 Å². The number of carboxylic acid groups (broad SMARTS) is 1. The maximum Gasteiger partial charge on any atom is 0.306 e. The fourth-order valence-corrected chi connectivity index (χ4v) is 3.65. The van der Waals surface area contributed by atoms with Gasteiger partial charge in [-0.3, -0.25) is 4.79 Å². The smallest absolute Gasteiger partial charge is 0.306 e. The van der Waals surface area contributed by atoms with Crippen molar-refractivity contribution in [2.24, 2.45) is 11.8 Å². The Morgan fingerprint density at radius 2 is 1.68 bits per heavy atom. The molecule has 0 radical (unpaired) electrons. The Labute approximate surface area is 117 Å². The van der Waals surface area contributed by atoms with Crippen molar-refractivity contribution >= 4 is 5.97 Å². The molecule has 0 aromatic carbocycles. The average molecular weight is 267 g/mol. The molecule has 0 bridgehead atoms. The van der Waals surface area contributed by atoms with Crippen LogP contribution in [0.4, 0.5) is 0 Å². The van der Waals surface area contributed by atoms with Crippen molar-refractivity contribution < 1.29 is 9.90 Å². The van der Waals surface area contributed by atoms with Gasteiger partial charge >= 0.3 is 5.97 Å². The summed E-state index contributed by atoms with van der Waals surface area (Å²) < 4.78 is 0. The lowest BCUT2D eigenvalue weighted by molar-refractivity contribution is -0.143. The number of aliphatic carboxylic acids is 1. The molecular weight excluding hydrogens is 238 g/mol. The Kier molecular flexibility index (Phi) is 6.15. The summed E-state index contributed by atoms with van der Waals surface area (Å²) >= 11 is 0. The van der Waals surface area contributed by atoms with E-state index in [1.54, 1.807) is 0 Å². The van der Waals surface area contributed by atoms with E-state index < -0.39 is 5.97 Å². The molecule has 0 aromatic rings. The first-order chi connectivity index (χ1) is 9.25. The van der Waals surface area contributed by atoms with E-state index in [9.17, 15) is 4.79 Å². The van der Waals surface area contributed by atoms with Crippen molar-refractivity contribution in [2.75, 3.05) is 19.6 Å². The number of hydrogen-bond acceptors (Lipinski definition) is 2. The largest absolute Gasteiger partial charge is 0.481 e. The maximum atomic E-state index is 10.9. The van der Waals surface area contributed by atoms with Gasteiger partial charge in [-0.1, -0.05) is 44.9 Å². The van der Waals surface area contributed by atoms with E-state index in [1.807, 2.05) is 0 Å². The molecule has 1 saturated carbocycles. The van der Waals surface area contributed by atoms with E-state index in [0.717, 1.165) is 31.8 Å². The van der Waals surface area contributed by atoms with Crippen LogP contribution in [0.3, 0.4) is 0 Å². The molecule has 0 amide bonds. The molecule has 2 aliphatic rings. The van der Waals surface area contributed by atoms with Crippen LogP contribution in [-0.2, 0) is 4.79 Å². The van der Waals surface area contributed by atoms with Gasteiger partial charge in [0.05, 0.1) is 5.92 Å². The van der Waals surface area contributed by atoms with Gasteiger partial charge in [-0.25, -0.2) is 0 Å². The second-order valence-electron chi connectivity index (χ2n) is 6.45. The van der Waals surface area contributed by atoms with Gasteiger partial charge < -0.3 is 10.0 Å². The van der Waals surface area contributed by atoms with E-state index in [2.05, 4.69) is 4.90 Å². The summed E-state index contributed by atoms with van der Waals surface area (Å²) in [7, 11) is 0. The molecule has 0 aromatic heterocycles. The third-order valence-corrected chi connectivity index (χ3v) is 5.00. The highest BCUT2D eigenvalue weighted by Crippen LogP contribution is 2.27. The first-order valence-corrected chi connectivity index (χ1v) is 8.21. The van der Waals surface area contributed by atoms with E-state index in [0.29, 0.717) is 0 Å². The highest BCUT2D eigenvalue weighted by Gasteiger charge is 2.23. The number of piperidine rings is 1. The predicted molar refractivity (Wildman–Crippen MR) is 77.2 cm³/mol. The molecule has 0 spiro atoms. The Morgan fingerprint density at radius 3 is 2.32 bits per heavy atom. The van der Waals surface area contributed by atoms with Crippen LogP contribution in [-0.4, -0.2) is 35.6 Å². The molecule has 0 atom stereocenters. The van der Waals surface area contributed by atoms with E-state index in [4.69, 9.17) is 5.11 Å². The van der Waals surface area contributed by atoms with Crippen LogP contribution in [0.25, 0.3) is 0 Å². The first kappa shape index (κ1) is 14.8. The molecule has 3 heteroatoms. The Morgan fingerprint density at radius 1 is 1.00 bits per heavy atom. The van der Waals surface area contributed by atoms with Crippen LogP contribution in [0.5, 0.6) is 0 Å². The molecule has 3 nitrogen and oxygen atoms in total. The maximum absolute atomic E-state index is 10.9. The zero-order valence-electron chi connectivity index (χ0n) is 12.1. The van der Waals surface area contributed by atoms with Crippen molar-refractivity contribution in [1.29, 1.82) is 0 Å². The Hall–Kier alpha value is -0.570. The number of rotatable bonds is 6. The average Bonchev–Trinajstić information content (AvgIpc) is 2.45. The first-order valence-electron chi connectivity index (χ1n) is 8.21. The van der Waals surface area contributed by atoms with Gasteiger partial charge in [0.25, 0.3) is 0 Å². The van der Waals surface area contributed by atoms with Gasteiger partial charge in [0.1, 0.15) is 0 Å². The van der Waals surface area contributed by atoms with Crippen LogP contribution >= 0.6 is 0 Å². The number of likely N-dealkylation sites (tertiary alicyclic amines) is 1. The number of unbranched alkanes of at least 4 members (excludes halogenated alkanes) is 1. The lowest BCUT2D eigenvalue weighted by Crippen LogP contribution is -2.36. The monoisotopic (exact) mass is 267 g/mol. The fourth-order valence-electron chi connectivity index (χ4n) is 3.65. The number of carboxylic acids is 1. The van der Waals surface area contributed by atoms with Crippen molar-refractivity contribution in [3.05, 3.63) is 0 Å². The van der Waals surface area contributed by atoms with Crippen molar-refractivity contribution in [2.45, 2.75) is 64.2 Å². The number of carbonyl (C=O) groups is 1. The summed E-state index contributed by atoms with van der Waals surface area (Å²) in [4.78, 5) is 13.3. The normalized spacial score (nSPS) is 23.6. The quantitative estimate of drug-likeness (QED) is 0.748. The summed E-state index contributed by atoms with van der Waals surface area (Å²) in [6, 6.07) is 0. The second-order valence-corrected chi connectivity index (χ2v) is 6.45. The molecule has 1 aliphatic heterocycles. The zero-order chi connectivity index (χ0) is 13.5. The third-order valence-electron chi connectivity index (χ3n) is 5.00. The Bertz CT molecular complexity index is 266. The lowest BCUT2D eigenvalue weighted by atomic mass is 9.86. The summed E-state index contributed by atoms with van der Waals surface area (Å²) in [5, 5.41) is 8.96. The molecular formula is C16H29NO2. The molecule has 2 rings (SSSR count). The predicted octanol–water partition coefficient (Wildman–Crippen LogP) is 3.53. The van der Waals surface area contributed by atoms with Crippen LogP contribution in [0.1, 0.15) is 64.2 Å². The van der Waals surface area contributed by atoms with Gasteiger partial charge in [0, 0.05) is 0 Å². The number of hydrogen-bond donors (Lipinski definition) is 1. The van der Waals surface area contributed by atoms with E-state index in [1.165, 1.54) is 57.9 Å². The Balaban J connectivity index is 1.51. The minimum absolute atomic E-state index is 0.0847. The summed E-state index contributed by atoms with van der Waals surface area (Å²) in [6.45, 7) is 3.15. The van der Waals surface area contributed by atoms with E-state index in [-0.39, 0.29) is 5.92 Å². The molecule has 1 N–H and O–H groups in total. The molecule has 2 fully saturated rings. The third kappa shape index (κ3) is 5.13. The zero-order valence-corrected chi connectivity index (χ0v) is 12.1. The fraction of sp³-hybridized carbons (Fsp3) is 0.938. The molecule has 110 valence electrons. The van der Waals surface area contributed by atoms with Gasteiger partial charge in [-0.2, -0.15) is 0 Å². The van der Waals surface area contributed by atoms with Gasteiger partial charge in [-0.15, -0.1) is 0 Å². The highest BCUT2D eigenvalue weighted by molar-refractivity contribution is 5.70. The van der Waals surface area contributed by atoms with Gasteiger partial charge in [0.15, 0.2) is 0 Å². The van der Waals surface area contributed by atoms with Crippen molar-refractivity contribution in [1.82, 2.24) is 4.90 Å². The van der Waals surface area contributed by atoms with Gasteiger partial charge in [-0.05, 0) is 44.8 Å².